The first-order chi connectivity index (χ1) is 10.9. The summed E-state index contributed by atoms with van der Waals surface area (Å²) in [7, 11) is 0. The van der Waals surface area contributed by atoms with Gasteiger partial charge >= 0.3 is 6.18 Å². The molecule has 1 amide bonds. The molecule has 0 aliphatic heterocycles. The van der Waals surface area contributed by atoms with Crippen molar-refractivity contribution in [3.8, 4) is 11.8 Å². The van der Waals surface area contributed by atoms with Crippen molar-refractivity contribution in [3.05, 3.63) is 59.7 Å². The van der Waals surface area contributed by atoms with Crippen LogP contribution in [0.1, 0.15) is 11.1 Å². The molecule has 0 fully saturated rings. The van der Waals surface area contributed by atoms with Crippen LogP contribution in [0.5, 0.6) is 5.75 Å². The topological polar surface area (TPSA) is 62.1 Å². The first-order valence-corrected chi connectivity index (χ1v) is 6.48. The van der Waals surface area contributed by atoms with Gasteiger partial charge < -0.3 is 10.1 Å². The van der Waals surface area contributed by atoms with E-state index in [0.29, 0.717) is 11.3 Å². The van der Waals surface area contributed by atoms with Gasteiger partial charge in [0.15, 0.2) is 6.61 Å². The van der Waals surface area contributed by atoms with E-state index in [1.807, 2.05) is 6.07 Å². The Kier molecular flexibility index (Phi) is 4.86. The van der Waals surface area contributed by atoms with Crippen LogP contribution in [-0.4, -0.2) is 12.5 Å². The lowest BCUT2D eigenvalue weighted by molar-refractivity contribution is -0.137. The van der Waals surface area contributed by atoms with Crippen LogP contribution in [0, 0.1) is 11.3 Å². The van der Waals surface area contributed by atoms with E-state index in [2.05, 4.69) is 5.32 Å². The number of hydrogen-bond acceptors (Lipinski definition) is 3. The van der Waals surface area contributed by atoms with E-state index < -0.39 is 17.6 Å². The number of alkyl halides is 3. The Bertz CT molecular complexity index is 717. The number of benzene rings is 2. The molecule has 0 bridgehead atoms. The zero-order valence-corrected chi connectivity index (χ0v) is 11.7. The zero-order chi connectivity index (χ0) is 16.9. The SMILES string of the molecule is N#Cc1ccc(OCC(=O)Nc2ccc(C(F)(F)F)cc2)cc1. The fraction of sp³-hybridized carbons (Fsp3) is 0.125. The summed E-state index contributed by atoms with van der Waals surface area (Å²) in [6, 6.07) is 12.2. The molecule has 4 nitrogen and oxygen atoms in total. The highest BCUT2D eigenvalue weighted by molar-refractivity contribution is 5.91. The number of amides is 1. The highest BCUT2D eigenvalue weighted by Crippen LogP contribution is 2.29. The summed E-state index contributed by atoms with van der Waals surface area (Å²) in [6.45, 7) is -0.299. The summed E-state index contributed by atoms with van der Waals surface area (Å²) in [5, 5.41) is 11.1. The summed E-state index contributed by atoms with van der Waals surface area (Å²) in [5.74, 6) is -0.0966. The number of hydrogen-bond donors (Lipinski definition) is 1. The number of rotatable bonds is 4. The van der Waals surface area contributed by atoms with Gasteiger partial charge in [-0.3, -0.25) is 4.79 Å². The summed E-state index contributed by atoms with van der Waals surface area (Å²) in [5.41, 5.74) is -0.0812. The summed E-state index contributed by atoms with van der Waals surface area (Å²) in [4.78, 5) is 11.7. The number of carbonyl (C=O) groups excluding carboxylic acids is 1. The van der Waals surface area contributed by atoms with Crippen molar-refractivity contribution in [3.63, 3.8) is 0 Å². The largest absolute Gasteiger partial charge is 0.484 e. The van der Waals surface area contributed by atoms with Gasteiger partial charge in [0.2, 0.25) is 0 Å². The van der Waals surface area contributed by atoms with Crippen molar-refractivity contribution in [2.45, 2.75) is 6.18 Å². The third kappa shape index (κ3) is 4.74. The minimum Gasteiger partial charge on any atom is -0.484 e. The van der Waals surface area contributed by atoms with Crippen LogP contribution < -0.4 is 10.1 Å². The van der Waals surface area contributed by atoms with E-state index in [0.717, 1.165) is 12.1 Å². The minimum atomic E-state index is -4.42. The molecular weight excluding hydrogens is 309 g/mol. The molecule has 0 radical (unpaired) electrons. The van der Waals surface area contributed by atoms with E-state index in [4.69, 9.17) is 10.00 Å². The molecule has 7 heteroatoms. The smallest absolute Gasteiger partial charge is 0.416 e. The van der Waals surface area contributed by atoms with Gasteiger partial charge in [0.1, 0.15) is 5.75 Å². The molecule has 2 aromatic carbocycles. The van der Waals surface area contributed by atoms with Gasteiger partial charge in [-0.2, -0.15) is 18.4 Å². The zero-order valence-electron chi connectivity index (χ0n) is 11.7. The number of carbonyl (C=O) groups is 1. The Hall–Kier alpha value is -3.01. The van der Waals surface area contributed by atoms with Crippen molar-refractivity contribution in [2.24, 2.45) is 0 Å². The predicted octanol–water partition coefficient (Wildman–Crippen LogP) is 3.59. The maximum atomic E-state index is 12.4. The van der Waals surface area contributed by atoms with Crippen molar-refractivity contribution >= 4 is 11.6 Å². The molecule has 0 heterocycles. The van der Waals surface area contributed by atoms with E-state index in [-0.39, 0.29) is 12.3 Å². The number of nitriles is 1. The number of nitrogens with one attached hydrogen (secondary N) is 1. The molecule has 118 valence electrons. The lowest BCUT2D eigenvalue weighted by Gasteiger charge is -2.09. The molecule has 0 atom stereocenters. The molecule has 0 saturated heterocycles. The van der Waals surface area contributed by atoms with Gasteiger partial charge in [-0.25, -0.2) is 0 Å². The van der Waals surface area contributed by atoms with Crippen LogP contribution in [0.25, 0.3) is 0 Å². The van der Waals surface area contributed by atoms with Crippen LogP contribution in [0.4, 0.5) is 18.9 Å². The van der Waals surface area contributed by atoms with Crippen LogP contribution in [-0.2, 0) is 11.0 Å². The first kappa shape index (κ1) is 16.4. The van der Waals surface area contributed by atoms with Crippen LogP contribution in [0.15, 0.2) is 48.5 Å². The van der Waals surface area contributed by atoms with Gasteiger partial charge in [0.05, 0.1) is 17.2 Å². The van der Waals surface area contributed by atoms with Crippen molar-refractivity contribution < 1.29 is 22.7 Å². The summed E-state index contributed by atoms with van der Waals surface area (Å²) >= 11 is 0. The van der Waals surface area contributed by atoms with E-state index in [9.17, 15) is 18.0 Å². The Morgan fingerprint density at radius 2 is 1.70 bits per heavy atom. The van der Waals surface area contributed by atoms with Gasteiger partial charge in [-0.1, -0.05) is 0 Å². The highest BCUT2D eigenvalue weighted by Gasteiger charge is 2.29. The van der Waals surface area contributed by atoms with Gasteiger partial charge in [-0.05, 0) is 48.5 Å². The standard InChI is InChI=1S/C16H11F3N2O2/c17-16(18,19)12-3-5-13(6-4-12)21-15(22)10-23-14-7-1-11(9-20)2-8-14/h1-8H,10H2,(H,21,22). The lowest BCUT2D eigenvalue weighted by Crippen LogP contribution is -2.20. The molecule has 2 rings (SSSR count). The Balaban J connectivity index is 1.88. The van der Waals surface area contributed by atoms with Gasteiger partial charge in [0.25, 0.3) is 5.91 Å². The monoisotopic (exact) mass is 320 g/mol. The van der Waals surface area contributed by atoms with Gasteiger partial charge in [0, 0.05) is 5.69 Å². The molecule has 0 saturated carbocycles. The molecule has 1 N–H and O–H groups in total. The van der Waals surface area contributed by atoms with Crippen LogP contribution >= 0.6 is 0 Å². The quantitative estimate of drug-likeness (QED) is 0.936. The fourth-order valence-electron chi connectivity index (χ4n) is 1.71. The molecule has 23 heavy (non-hydrogen) atoms. The minimum absolute atomic E-state index is 0.242. The average Bonchev–Trinajstić information content (AvgIpc) is 2.53. The number of anilines is 1. The molecule has 2 aromatic rings. The second-order valence-corrected chi connectivity index (χ2v) is 4.55. The Morgan fingerprint density at radius 1 is 1.09 bits per heavy atom. The first-order valence-electron chi connectivity index (χ1n) is 6.48. The van der Waals surface area contributed by atoms with Crippen molar-refractivity contribution in [1.82, 2.24) is 0 Å². The fourth-order valence-corrected chi connectivity index (χ4v) is 1.71. The number of halogens is 3. The summed E-state index contributed by atoms with van der Waals surface area (Å²) < 4.78 is 42.5. The van der Waals surface area contributed by atoms with E-state index in [1.165, 1.54) is 12.1 Å². The van der Waals surface area contributed by atoms with E-state index in [1.54, 1.807) is 24.3 Å². The summed E-state index contributed by atoms with van der Waals surface area (Å²) in [6.07, 6.45) is -4.42. The maximum absolute atomic E-state index is 12.4. The molecular formula is C16H11F3N2O2. The van der Waals surface area contributed by atoms with Crippen molar-refractivity contribution in [1.29, 1.82) is 5.26 Å². The van der Waals surface area contributed by atoms with Gasteiger partial charge in [-0.15, -0.1) is 0 Å². The lowest BCUT2D eigenvalue weighted by atomic mass is 10.2. The van der Waals surface area contributed by atoms with Crippen LogP contribution in [0.3, 0.4) is 0 Å². The molecule has 0 spiro atoms. The number of nitrogens with zero attached hydrogens (tertiary/aromatic N) is 1. The predicted molar refractivity (Wildman–Crippen MR) is 76.7 cm³/mol. The second kappa shape index (κ2) is 6.83. The average molecular weight is 320 g/mol. The number of ether oxygens (including phenoxy) is 1. The third-order valence-electron chi connectivity index (χ3n) is 2.85. The van der Waals surface area contributed by atoms with E-state index >= 15 is 0 Å². The Labute approximate surface area is 130 Å². The molecule has 0 aliphatic rings. The maximum Gasteiger partial charge on any atom is 0.416 e. The Morgan fingerprint density at radius 3 is 2.22 bits per heavy atom. The van der Waals surface area contributed by atoms with Crippen molar-refractivity contribution in [2.75, 3.05) is 11.9 Å². The second-order valence-electron chi connectivity index (χ2n) is 4.55. The molecule has 0 aromatic heterocycles. The normalized spacial score (nSPS) is 10.7. The molecule has 0 aliphatic carbocycles. The highest BCUT2D eigenvalue weighted by atomic mass is 19.4. The third-order valence-corrected chi connectivity index (χ3v) is 2.85. The molecule has 0 unspecified atom stereocenters. The van der Waals surface area contributed by atoms with Crippen LogP contribution in [0.2, 0.25) is 0 Å².